The van der Waals surface area contributed by atoms with E-state index in [1.165, 1.54) is 5.56 Å². The van der Waals surface area contributed by atoms with Gasteiger partial charge in [-0.3, -0.25) is 4.79 Å². The van der Waals surface area contributed by atoms with Crippen LogP contribution < -0.4 is 0 Å². The molecule has 3 aromatic carbocycles. The van der Waals surface area contributed by atoms with E-state index in [1.807, 2.05) is 49.4 Å². The molecule has 1 nitrogen and oxygen atoms in total. The van der Waals surface area contributed by atoms with Crippen LogP contribution in [-0.2, 0) is 0 Å². The molecule has 2 heteroatoms. The first kappa shape index (κ1) is 17.6. The summed E-state index contributed by atoms with van der Waals surface area (Å²) in [6.45, 7) is 2.03. The van der Waals surface area contributed by atoms with Crippen molar-refractivity contribution in [1.82, 2.24) is 0 Å². The van der Waals surface area contributed by atoms with Crippen molar-refractivity contribution < 1.29 is 4.79 Å². The van der Waals surface area contributed by atoms with Crippen LogP contribution in [0, 0.1) is 30.6 Å². The zero-order chi connectivity index (χ0) is 18.4. The Kier molecular flexibility index (Phi) is 5.55. The quantitative estimate of drug-likeness (QED) is 0.429. The van der Waals surface area contributed by atoms with Gasteiger partial charge in [0.05, 0.1) is 0 Å². The van der Waals surface area contributed by atoms with Crippen LogP contribution in [0.4, 0.5) is 0 Å². The third-order valence-electron chi connectivity index (χ3n) is 3.73. The predicted molar refractivity (Wildman–Crippen MR) is 106 cm³/mol. The van der Waals surface area contributed by atoms with E-state index in [0.717, 1.165) is 11.1 Å². The van der Waals surface area contributed by atoms with Crippen LogP contribution in [0.3, 0.4) is 0 Å². The Balaban J connectivity index is 1.86. The number of carbonyl (C=O) groups excluding carboxylic acids is 1. The fourth-order valence-electron chi connectivity index (χ4n) is 2.30. The lowest BCUT2D eigenvalue weighted by molar-refractivity contribution is 0.105. The number of Topliss-reactive ketones (excluding diaryl/α,β-unsaturated/α-hetero) is 1. The third kappa shape index (κ3) is 4.64. The van der Waals surface area contributed by atoms with E-state index in [1.54, 1.807) is 30.3 Å². The summed E-state index contributed by atoms with van der Waals surface area (Å²) in [4.78, 5) is 12.5. The van der Waals surface area contributed by atoms with Crippen molar-refractivity contribution >= 4 is 17.4 Å². The lowest BCUT2D eigenvalue weighted by Gasteiger charge is -1.98. The van der Waals surface area contributed by atoms with Gasteiger partial charge >= 0.3 is 0 Å². The van der Waals surface area contributed by atoms with Gasteiger partial charge in [0, 0.05) is 27.3 Å². The van der Waals surface area contributed by atoms with Crippen molar-refractivity contribution in [3.63, 3.8) is 0 Å². The molecule has 0 saturated carbocycles. The molecule has 3 aromatic rings. The average molecular weight is 355 g/mol. The topological polar surface area (TPSA) is 17.1 Å². The molecule has 26 heavy (non-hydrogen) atoms. The first-order chi connectivity index (χ1) is 12.6. The Hall–Kier alpha value is -3.26. The van der Waals surface area contributed by atoms with E-state index >= 15 is 0 Å². The van der Waals surface area contributed by atoms with Crippen molar-refractivity contribution in [2.45, 2.75) is 6.92 Å². The maximum Gasteiger partial charge on any atom is 0.237 e. The van der Waals surface area contributed by atoms with E-state index in [4.69, 9.17) is 11.6 Å². The van der Waals surface area contributed by atoms with Gasteiger partial charge in [0.1, 0.15) is 0 Å². The molecule has 0 aliphatic heterocycles. The molecule has 3 rings (SSSR count). The molecule has 0 aliphatic rings. The normalized spacial score (nSPS) is 9.46. The van der Waals surface area contributed by atoms with E-state index in [0.29, 0.717) is 16.1 Å². The lowest BCUT2D eigenvalue weighted by atomic mass is 10.0. The van der Waals surface area contributed by atoms with Crippen molar-refractivity contribution in [3.05, 3.63) is 106 Å². The summed E-state index contributed by atoms with van der Waals surface area (Å²) in [5.74, 6) is 11.5. The van der Waals surface area contributed by atoms with Crippen LogP contribution in [0.25, 0.3) is 0 Å². The van der Waals surface area contributed by atoms with Gasteiger partial charge in [0.25, 0.3) is 0 Å². The summed E-state index contributed by atoms with van der Waals surface area (Å²) in [5.41, 5.74) is 4.01. The fraction of sp³-hybridized carbons (Fsp3) is 0.0417. The molecule has 0 spiro atoms. The number of ketones is 1. The Labute approximate surface area is 158 Å². The van der Waals surface area contributed by atoms with Gasteiger partial charge < -0.3 is 0 Å². The molecule has 0 fully saturated rings. The molecule has 0 aliphatic carbocycles. The highest BCUT2D eigenvalue weighted by Gasteiger charge is 2.06. The predicted octanol–water partition coefficient (Wildman–Crippen LogP) is 5.28. The average Bonchev–Trinajstić information content (AvgIpc) is 2.67. The lowest BCUT2D eigenvalue weighted by Crippen LogP contribution is -1.98. The molecule has 0 N–H and O–H groups in total. The third-order valence-corrected chi connectivity index (χ3v) is 3.98. The van der Waals surface area contributed by atoms with Crippen LogP contribution in [-0.4, -0.2) is 5.78 Å². The summed E-state index contributed by atoms with van der Waals surface area (Å²) in [6.07, 6.45) is 0. The number of aryl methyl sites for hydroxylation is 1. The number of hydrogen-bond acceptors (Lipinski definition) is 1. The molecule has 0 saturated heterocycles. The Morgan fingerprint density at radius 1 is 0.769 bits per heavy atom. The van der Waals surface area contributed by atoms with Gasteiger partial charge in [-0.15, -0.1) is 0 Å². The molecule has 0 aromatic heterocycles. The monoisotopic (exact) mass is 354 g/mol. The highest BCUT2D eigenvalue weighted by Crippen LogP contribution is 2.11. The smallest absolute Gasteiger partial charge is 0.237 e. The van der Waals surface area contributed by atoms with Crippen molar-refractivity contribution in [3.8, 4) is 23.7 Å². The molecule has 0 heterocycles. The van der Waals surface area contributed by atoms with Crippen LogP contribution in [0.5, 0.6) is 0 Å². The number of hydrogen-bond donors (Lipinski definition) is 0. The second kappa shape index (κ2) is 8.21. The van der Waals surface area contributed by atoms with Crippen molar-refractivity contribution in [2.24, 2.45) is 0 Å². The second-order valence-corrected chi connectivity index (χ2v) is 6.18. The molecule has 124 valence electrons. The van der Waals surface area contributed by atoms with Gasteiger partial charge in [-0.05, 0) is 61.4 Å². The van der Waals surface area contributed by atoms with Crippen molar-refractivity contribution in [2.75, 3.05) is 0 Å². The standard InChI is InChI=1S/C24H15ClO/c1-18-6-8-19(9-7-18)10-14-21-4-2-3-5-23(21)24(26)17-13-20-11-15-22(25)16-12-20/h2-9,11-12,15-16H,1H3. The molecule has 0 unspecified atom stereocenters. The summed E-state index contributed by atoms with van der Waals surface area (Å²) >= 11 is 5.85. The molecule has 0 amide bonds. The maximum absolute atomic E-state index is 12.5. The Morgan fingerprint density at radius 2 is 1.38 bits per heavy atom. The van der Waals surface area contributed by atoms with Crippen LogP contribution >= 0.6 is 11.6 Å². The molecular formula is C24H15ClO. The van der Waals surface area contributed by atoms with Gasteiger partial charge in [0.2, 0.25) is 5.78 Å². The zero-order valence-corrected chi connectivity index (χ0v) is 15.0. The molecule has 0 atom stereocenters. The number of halogens is 1. The number of carbonyl (C=O) groups is 1. The van der Waals surface area contributed by atoms with Crippen LogP contribution in [0.15, 0.2) is 72.8 Å². The van der Waals surface area contributed by atoms with E-state index in [9.17, 15) is 4.79 Å². The van der Waals surface area contributed by atoms with E-state index in [-0.39, 0.29) is 5.78 Å². The highest BCUT2D eigenvalue weighted by molar-refractivity contribution is 6.30. The number of benzene rings is 3. The summed E-state index contributed by atoms with van der Waals surface area (Å²) in [6, 6.07) is 22.3. The minimum absolute atomic E-state index is 0.256. The summed E-state index contributed by atoms with van der Waals surface area (Å²) < 4.78 is 0. The SMILES string of the molecule is Cc1ccc(C#Cc2ccccc2C(=O)C#Cc2ccc(Cl)cc2)cc1. The maximum atomic E-state index is 12.5. The van der Waals surface area contributed by atoms with Crippen molar-refractivity contribution in [1.29, 1.82) is 0 Å². The van der Waals surface area contributed by atoms with E-state index in [2.05, 4.69) is 23.7 Å². The zero-order valence-electron chi connectivity index (χ0n) is 14.2. The van der Waals surface area contributed by atoms with Crippen LogP contribution in [0.1, 0.15) is 32.6 Å². The molecular weight excluding hydrogens is 340 g/mol. The highest BCUT2D eigenvalue weighted by atomic mass is 35.5. The van der Waals surface area contributed by atoms with Gasteiger partial charge in [-0.25, -0.2) is 0 Å². The first-order valence-electron chi connectivity index (χ1n) is 8.11. The number of rotatable bonds is 1. The van der Waals surface area contributed by atoms with Gasteiger partial charge in [0.15, 0.2) is 0 Å². The summed E-state index contributed by atoms with van der Waals surface area (Å²) in [5, 5.41) is 0.638. The fourth-order valence-corrected chi connectivity index (χ4v) is 2.42. The van der Waals surface area contributed by atoms with Crippen LogP contribution in [0.2, 0.25) is 5.02 Å². The Morgan fingerprint density at radius 3 is 2.12 bits per heavy atom. The largest absolute Gasteiger partial charge is 0.279 e. The minimum Gasteiger partial charge on any atom is -0.279 e. The van der Waals surface area contributed by atoms with Gasteiger partial charge in [-0.2, -0.15) is 0 Å². The molecule has 0 bridgehead atoms. The van der Waals surface area contributed by atoms with E-state index < -0.39 is 0 Å². The Bertz CT molecular complexity index is 1050. The van der Waals surface area contributed by atoms with Gasteiger partial charge in [-0.1, -0.05) is 59.2 Å². The summed E-state index contributed by atoms with van der Waals surface area (Å²) in [7, 11) is 0. The first-order valence-corrected chi connectivity index (χ1v) is 8.49. The minimum atomic E-state index is -0.256. The molecule has 0 radical (unpaired) electrons. The second-order valence-electron chi connectivity index (χ2n) is 5.75.